The Labute approximate surface area is 194 Å². The van der Waals surface area contributed by atoms with Crippen molar-refractivity contribution in [3.05, 3.63) is 88.2 Å². The normalized spacial score (nSPS) is 12.9. The van der Waals surface area contributed by atoms with Gasteiger partial charge >= 0.3 is 0 Å². The van der Waals surface area contributed by atoms with Crippen molar-refractivity contribution in [2.24, 2.45) is 0 Å². The van der Waals surface area contributed by atoms with E-state index < -0.39 is 29.6 Å². The Balaban J connectivity index is 1.65. The minimum Gasteiger partial charge on any atom is -0.394 e. The van der Waals surface area contributed by atoms with Crippen molar-refractivity contribution >= 4 is 22.5 Å². The number of nitrogens with one attached hydrogen (secondary N) is 1. The molecular weight excluding hydrogens is 438 g/mol. The number of aromatic nitrogens is 3. The first-order valence-corrected chi connectivity index (χ1v) is 10.7. The summed E-state index contributed by atoms with van der Waals surface area (Å²) in [6.07, 6.45) is 2.25. The molecule has 1 amide bonds. The van der Waals surface area contributed by atoms with Gasteiger partial charge in [0.2, 0.25) is 0 Å². The second-order valence-electron chi connectivity index (χ2n) is 7.71. The predicted octanol–water partition coefficient (Wildman–Crippen LogP) is 2.85. The van der Waals surface area contributed by atoms with Gasteiger partial charge in [0.05, 0.1) is 40.5 Å². The summed E-state index contributed by atoms with van der Waals surface area (Å²) in [5.41, 5.74) is 2.48. The number of para-hydroxylation sites is 1. The van der Waals surface area contributed by atoms with E-state index in [9.17, 15) is 25.1 Å². The quantitative estimate of drug-likeness (QED) is 0.270. The number of carbonyl (C=O) groups excluding carboxylic acids is 1. The maximum atomic E-state index is 13.3. The lowest BCUT2D eigenvalue weighted by Crippen LogP contribution is -2.42. The highest BCUT2D eigenvalue weighted by atomic mass is 16.6. The molecule has 4 aromatic rings. The molecule has 0 aliphatic heterocycles. The summed E-state index contributed by atoms with van der Waals surface area (Å²) < 4.78 is 1.76. The molecule has 10 nitrogen and oxygen atoms in total. The number of hydrogen-bond acceptors (Lipinski definition) is 7. The highest BCUT2D eigenvalue weighted by Gasteiger charge is 2.25. The molecular formula is C24H23N5O5. The fourth-order valence-corrected chi connectivity index (χ4v) is 3.68. The molecule has 0 aliphatic carbocycles. The van der Waals surface area contributed by atoms with Gasteiger partial charge in [0.15, 0.2) is 0 Å². The molecule has 0 radical (unpaired) electrons. The van der Waals surface area contributed by atoms with Gasteiger partial charge in [-0.05, 0) is 36.8 Å². The fourth-order valence-electron chi connectivity index (χ4n) is 3.68. The number of aliphatic hydroxyl groups is 2. The van der Waals surface area contributed by atoms with Crippen molar-refractivity contribution in [3.8, 4) is 11.3 Å². The molecule has 3 N–H and O–H groups in total. The summed E-state index contributed by atoms with van der Waals surface area (Å²) in [5.74, 6) is -0.497. The molecule has 4 rings (SSSR count). The van der Waals surface area contributed by atoms with Gasteiger partial charge in [-0.25, -0.2) is 4.98 Å². The van der Waals surface area contributed by atoms with Gasteiger partial charge in [-0.15, -0.1) is 0 Å². The van der Waals surface area contributed by atoms with E-state index in [0.717, 1.165) is 5.56 Å². The third-order valence-corrected chi connectivity index (χ3v) is 5.55. The molecule has 0 saturated heterocycles. The zero-order valence-corrected chi connectivity index (χ0v) is 18.3. The van der Waals surface area contributed by atoms with Crippen LogP contribution in [0.1, 0.15) is 28.9 Å². The van der Waals surface area contributed by atoms with E-state index in [4.69, 9.17) is 0 Å². The number of aliphatic hydroxyl groups excluding tert-OH is 2. The Hall–Kier alpha value is -4.15. The molecule has 2 heterocycles. The van der Waals surface area contributed by atoms with Crippen LogP contribution in [0, 0.1) is 10.1 Å². The number of carbonyl (C=O) groups is 1. The van der Waals surface area contributed by atoms with Gasteiger partial charge in [-0.2, -0.15) is 5.10 Å². The summed E-state index contributed by atoms with van der Waals surface area (Å²) in [7, 11) is 0. The highest BCUT2D eigenvalue weighted by molar-refractivity contribution is 6.07. The number of pyridine rings is 1. The van der Waals surface area contributed by atoms with Crippen LogP contribution in [0.5, 0.6) is 0 Å². The number of nitro benzene ring substituents is 1. The summed E-state index contributed by atoms with van der Waals surface area (Å²) in [5, 5.41) is 39.0. The zero-order valence-electron chi connectivity index (χ0n) is 18.3. The van der Waals surface area contributed by atoms with Crippen LogP contribution in [0.3, 0.4) is 0 Å². The van der Waals surface area contributed by atoms with E-state index in [2.05, 4.69) is 15.4 Å². The molecule has 0 spiro atoms. The van der Waals surface area contributed by atoms with Crippen molar-refractivity contribution < 1.29 is 19.9 Å². The van der Waals surface area contributed by atoms with Gasteiger partial charge < -0.3 is 15.5 Å². The number of hydrogen-bond donors (Lipinski definition) is 3. The van der Waals surface area contributed by atoms with Crippen LogP contribution in [0.15, 0.2) is 67.0 Å². The maximum Gasteiger partial charge on any atom is 0.269 e. The Morgan fingerprint density at radius 3 is 2.59 bits per heavy atom. The molecule has 0 bridgehead atoms. The molecule has 2 aromatic carbocycles. The number of nitrogens with zero attached hydrogens (tertiary/aromatic N) is 4. The average molecular weight is 461 g/mol. The van der Waals surface area contributed by atoms with E-state index in [1.54, 1.807) is 35.1 Å². The SMILES string of the molecule is CCn1cc(-c2cc(C(=O)NC(CO)C(O)c3ccc([N+](=O)[O-])cc3)c3ccccc3n2)cn1. The van der Waals surface area contributed by atoms with Crippen LogP contribution >= 0.6 is 0 Å². The first-order chi connectivity index (χ1) is 16.4. The second kappa shape index (κ2) is 9.77. The van der Waals surface area contributed by atoms with Gasteiger partial charge in [0.25, 0.3) is 11.6 Å². The topological polar surface area (TPSA) is 143 Å². The molecule has 2 atom stereocenters. The fraction of sp³-hybridized carbons (Fsp3) is 0.208. The van der Waals surface area contributed by atoms with Crippen LogP contribution in [0.2, 0.25) is 0 Å². The monoisotopic (exact) mass is 461 g/mol. The van der Waals surface area contributed by atoms with E-state index in [1.807, 2.05) is 19.2 Å². The van der Waals surface area contributed by atoms with Gasteiger partial charge in [0.1, 0.15) is 6.10 Å². The number of aryl methyl sites for hydroxylation is 1. The zero-order chi connectivity index (χ0) is 24.2. The van der Waals surface area contributed by atoms with Crippen molar-refractivity contribution in [1.82, 2.24) is 20.1 Å². The van der Waals surface area contributed by atoms with Gasteiger partial charge in [0, 0.05) is 35.8 Å². The molecule has 0 fully saturated rings. The lowest BCUT2D eigenvalue weighted by atomic mass is 10.0. The molecule has 34 heavy (non-hydrogen) atoms. The Kier molecular flexibility index (Phi) is 6.62. The lowest BCUT2D eigenvalue weighted by molar-refractivity contribution is -0.384. The van der Waals surface area contributed by atoms with Crippen LogP contribution in [0.4, 0.5) is 5.69 Å². The predicted molar refractivity (Wildman–Crippen MR) is 125 cm³/mol. The minimum absolute atomic E-state index is 0.122. The van der Waals surface area contributed by atoms with Crippen LogP contribution in [-0.4, -0.2) is 48.5 Å². The molecule has 10 heteroatoms. The van der Waals surface area contributed by atoms with Gasteiger partial charge in [-0.3, -0.25) is 19.6 Å². The minimum atomic E-state index is -1.27. The standard InChI is InChI=1S/C24H23N5O5/c1-2-28-13-16(12-25-28)21-11-19(18-5-3-4-6-20(18)26-21)24(32)27-22(14-30)23(31)15-7-9-17(10-8-15)29(33)34/h3-13,22-23,30-31H,2,14H2,1H3,(H,27,32). The number of non-ortho nitro benzene ring substituents is 1. The van der Waals surface area contributed by atoms with Crippen molar-refractivity contribution in [2.75, 3.05) is 6.61 Å². The maximum absolute atomic E-state index is 13.3. The highest BCUT2D eigenvalue weighted by Crippen LogP contribution is 2.26. The second-order valence-corrected chi connectivity index (χ2v) is 7.71. The summed E-state index contributed by atoms with van der Waals surface area (Å²) in [4.78, 5) is 28.3. The van der Waals surface area contributed by atoms with E-state index in [-0.39, 0.29) is 5.69 Å². The Morgan fingerprint density at radius 2 is 1.94 bits per heavy atom. The molecule has 174 valence electrons. The van der Waals surface area contributed by atoms with Crippen molar-refractivity contribution in [2.45, 2.75) is 25.6 Å². The van der Waals surface area contributed by atoms with Crippen LogP contribution in [0.25, 0.3) is 22.2 Å². The van der Waals surface area contributed by atoms with Crippen molar-refractivity contribution in [3.63, 3.8) is 0 Å². The van der Waals surface area contributed by atoms with Gasteiger partial charge in [-0.1, -0.05) is 18.2 Å². The molecule has 2 aromatic heterocycles. The molecule has 2 unspecified atom stereocenters. The lowest BCUT2D eigenvalue weighted by Gasteiger charge is -2.23. The number of rotatable bonds is 8. The molecule has 0 aliphatic rings. The number of benzene rings is 2. The summed E-state index contributed by atoms with van der Waals surface area (Å²) in [6.45, 7) is 2.12. The first-order valence-electron chi connectivity index (χ1n) is 10.7. The number of fused-ring (bicyclic) bond motifs is 1. The van der Waals surface area contributed by atoms with Crippen LogP contribution in [-0.2, 0) is 6.54 Å². The van der Waals surface area contributed by atoms with E-state index in [0.29, 0.717) is 34.3 Å². The van der Waals surface area contributed by atoms with E-state index >= 15 is 0 Å². The third kappa shape index (κ3) is 4.63. The first kappa shape index (κ1) is 23.0. The largest absolute Gasteiger partial charge is 0.394 e. The molecule has 0 saturated carbocycles. The smallest absolute Gasteiger partial charge is 0.269 e. The Bertz CT molecular complexity index is 1340. The van der Waals surface area contributed by atoms with Crippen LogP contribution < -0.4 is 5.32 Å². The van der Waals surface area contributed by atoms with Crippen molar-refractivity contribution in [1.29, 1.82) is 0 Å². The Morgan fingerprint density at radius 1 is 1.21 bits per heavy atom. The van der Waals surface area contributed by atoms with E-state index in [1.165, 1.54) is 24.3 Å². The number of amides is 1. The average Bonchev–Trinajstić information content (AvgIpc) is 3.35. The summed E-state index contributed by atoms with van der Waals surface area (Å²) >= 11 is 0. The summed E-state index contributed by atoms with van der Waals surface area (Å²) in [6, 6.07) is 13.1. The number of nitro groups is 1. The third-order valence-electron chi connectivity index (χ3n) is 5.55.